The molecule has 1 amide bonds. The van der Waals surface area contributed by atoms with Gasteiger partial charge in [-0.3, -0.25) is 4.79 Å². The predicted molar refractivity (Wildman–Crippen MR) is 78.6 cm³/mol. The molecule has 1 heterocycles. The summed E-state index contributed by atoms with van der Waals surface area (Å²) in [6.07, 6.45) is 3.19. The van der Waals surface area contributed by atoms with Crippen LogP contribution in [0.1, 0.15) is 33.5 Å². The van der Waals surface area contributed by atoms with E-state index in [9.17, 15) is 4.79 Å². The molecule has 3 nitrogen and oxygen atoms in total. The van der Waals surface area contributed by atoms with E-state index in [-0.39, 0.29) is 5.91 Å². The van der Waals surface area contributed by atoms with E-state index in [2.05, 4.69) is 35.8 Å². The molecule has 1 aliphatic heterocycles. The minimum atomic E-state index is 0.0365. The minimum absolute atomic E-state index is 0.0365. The SMILES string of the molecule is Cc1cc(C)c(C(=O)NCC2=CCNCC2)c(C)c1. The van der Waals surface area contributed by atoms with E-state index in [1.54, 1.807) is 0 Å². The van der Waals surface area contributed by atoms with Crippen LogP contribution in [-0.2, 0) is 0 Å². The van der Waals surface area contributed by atoms with Gasteiger partial charge >= 0.3 is 0 Å². The first-order valence-electron chi connectivity index (χ1n) is 6.82. The van der Waals surface area contributed by atoms with Gasteiger partial charge in [0.05, 0.1) is 0 Å². The van der Waals surface area contributed by atoms with E-state index in [1.165, 1.54) is 11.1 Å². The molecule has 0 saturated heterocycles. The van der Waals surface area contributed by atoms with Gasteiger partial charge in [0.25, 0.3) is 5.91 Å². The molecular weight excluding hydrogens is 236 g/mol. The highest BCUT2D eigenvalue weighted by Gasteiger charge is 2.13. The monoisotopic (exact) mass is 258 g/mol. The third-order valence-electron chi connectivity index (χ3n) is 3.54. The fraction of sp³-hybridized carbons (Fsp3) is 0.438. The summed E-state index contributed by atoms with van der Waals surface area (Å²) in [5, 5.41) is 6.30. The Hall–Kier alpha value is -1.61. The van der Waals surface area contributed by atoms with Crippen molar-refractivity contribution < 1.29 is 4.79 Å². The van der Waals surface area contributed by atoms with Crippen molar-refractivity contribution in [2.45, 2.75) is 27.2 Å². The Morgan fingerprint density at radius 2 is 1.95 bits per heavy atom. The first kappa shape index (κ1) is 13.8. The van der Waals surface area contributed by atoms with Gasteiger partial charge in [-0.25, -0.2) is 0 Å². The molecule has 1 aromatic rings. The number of rotatable bonds is 3. The number of carbonyl (C=O) groups is 1. The fourth-order valence-electron chi connectivity index (χ4n) is 2.65. The smallest absolute Gasteiger partial charge is 0.252 e. The predicted octanol–water partition coefficient (Wildman–Crippen LogP) is 2.26. The van der Waals surface area contributed by atoms with Gasteiger partial charge in [-0.05, 0) is 44.9 Å². The third-order valence-corrected chi connectivity index (χ3v) is 3.54. The number of aryl methyl sites for hydroxylation is 3. The molecular formula is C16H22N2O. The van der Waals surface area contributed by atoms with Crippen molar-refractivity contribution in [1.29, 1.82) is 0 Å². The normalized spacial score (nSPS) is 15.0. The topological polar surface area (TPSA) is 41.1 Å². The summed E-state index contributed by atoms with van der Waals surface area (Å²) in [7, 11) is 0. The fourth-order valence-corrected chi connectivity index (χ4v) is 2.65. The molecule has 0 bridgehead atoms. The summed E-state index contributed by atoms with van der Waals surface area (Å²) in [6.45, 7) is 8.63. The molecule has 0 aromatic heterocycles. The molecule has 0 atom stereocenters. The summed E-state index contributed by atoms with van der Waals surface area (Å²) < 4.78 is 0. The maximum atomic E-state index is 12.3. The lowest BCUT2D eigenvalue weighted by Gasteiger charge is -2.16. The molecule has 0 aliphatic carbocycles. The van der Waals surface area contributed by atoms with Gasteiger partial charge in [0, 0.05) is 18.7 Å². The lowest BCUT2D eigenvalue weighted by molar-refractivity contribution is 0.0955. The van der Waals surface area contributed by atoms with Gasteiger partial charge in [-0.15, -0.1) is 0 Å². The van der Waals surface area contributed by atoms with E-state index in [4.69, 9.17) is 0 Å². The van der Waals surface area contributed by atoms with Crippen molar-refractivity contribution in [1.82, 2.24) is 10.6 Å². The van der Waals surface area contributed by atoms with E-state index in [1.807, 2.05) is 13.8 Å². The second-order valence-corrected chi connectivity index (χ2v) is 5.27. The summed E-state index contributed by atoms with van der Waals surface area (Å²) in [4.78, 5) is 12.3. The Bertz CT molecular complexity index is 494. The molecule has 0 fully saturated rings. The number of benzene rings is 1. The zero-order chi connectivity index (χ0) is 13.8. The van der Waals surface area contributed by atoms with Crippen molar-refractivity contribution in [2.24, 2.45) is 0 Å². The largest absolute Gasteiger partial charge is 0.348 e. The summed E-state index contributed by atoms with van der Waals surface area (Å²) in [6, 6.07) is 4.12. The lowest BCUT2D eigenvalue weighted by atomic mass is 9.99. The Morgan fingerprint density at radius 1 is 1.26 bits per heavy atom. The van der Waals surface area contributed by atoms with Gasteiger partial charge in [-0.2, -0.15) is 0 Å². The van der Waals surface area contributed by atoms with E-state index >= 15 is 0 Å². The molecule has 19 heavy (non-hydrogen) atoms. The van der Waals surface area contributed by atoms with Gasteiger partial charge in [0.2, 0.25) is 0 Å². The highest BCUT2D eigenvalue weighted by molar-refractivity contribution is 5.97. The summed E-state index contributed by atoms with van der Waals surface area (Å²) >= 11 is 0. The summed E-state index contributed by atoms with van der Waals surface area (Å²) in [5.41, 5.74) is 5.44. The Labute approximate surface area is 115 Å². The second-order valence-electron chi connectivity index (χ2n) is 5.27. The average molecular weight is 258 g/mol. The van der Waals surface area contributed by atoms with Crippen LogP contribution in [0.3, 0.4) is 0 Å². The van der Waals surface area contributed by atoms with Crippen LogP contribution in [0.4, 0.5) is 0 Å². The highest BCUT2D eigenvalue weighted by atomic mass is 16.1. The number of carbonyl (C=O) groups excluding carboxylic acids is 1. The molecule has 2 rings (SSSR count). The van der Waals surface area contributed by atoms with Gasteiger partial charge < -0.3 is 10.6 Å². The standard InChI is InChI=1S/C16H22N2O/c1-11-8-12(2)15(13(3)9-11)16(19)18-10-14-4-6-17-7-5-14/h4,8-9,17H,5-7,10H2,1-3H3,(H,18,19). The number of hydrogen-bond donors (Lipinski definition) is 2. The van der Waals surface area contributed by atoms with Crippen molar-refractivity contribution in [3.63, 3.8) is 0 Å². The van der Waals surface area contributed by atoms with Crippen LogP contribution in [-0.4, -0.2) is 25.5 Å². The van der Waals surface area contributed by atoms with Crippen LogP contribution < -0.4 is 10.6 Å². The van der Waals surface area contributed by atoms with Gasteiger partial charge in [0.1, 0.15) is 0 Å². The van der Waals surface area contributed by atoms with Crippen molar-refractivity contribution in [3.05, 3.63) is 46.0 Å². The Kier molecular flexibility index (Phi) is 4.38. The van der Waals surface area contributed by atoms with E-state index < -0.39 is 0 Å². The minimum Gasteiger partial charge on any atom is -0.348 e. The zero-order valence-electron chi connectivity index (χ0n) is 12.0. The molecule has 0 unspecified atom stereocenters. The van der Waals surface area contributed by atoms with E-state index in [0.29, 0.717) is 6.54 Å². The maximum Gasteiger partial charge on any atom is 0.252 e. The van der Waals surface area contributed by atoms with E-state index in [0.717, 1.165) is 36.2 Å². The molecule has 1 aromatic carbocycles. The molecule has 102 valence electrons. The molecule has 1 aliphatic rings. The average Bonchev–Trinajstić information content (AvgIpc) is 2.36. The molecule has 0 radical (unpaired) electrons. The third kappa shape index (κ3) is 3.44. The van der Waals surface area contributed by atoms with Crippen LogP contribution in [0.2, 0.25) is 0 Å². The Morgan fingerprint density at radius 3 is 2.53 bits per heavy atom. The Balaban J connectivity index is 2.06. The highest BCUT2D eigenvalue weighted by Crippen LogP contribution is 2.16. The van der Waals surface area contributed by atoms with Crippen LogP contribution in [0.15, 0.2) is 23.8 Å². The quantitative estimate of drug-likeness (QED) is 0.817. The van der Waals surface area contributed by atoms with Crippen molar-refractivity contribution in [3.8, 4) is 0 Å². The molecule has 3 heteroatoms. The number of nitrogens with one attached hydrogen (secondary N) is 2. The first-order chi connectivity index (χ1) is 9.08. The number of hydrogen-bond acceptors (Lipinski definition) is 2. The van der Waals surface area contributed by atoms with Gasteiger partial charge in [0.15, 0.2) is 0 Å². The van der Waals surface area contributed by atoms with Crippen LogP contribution in [0.25, 0.3) is 0 Å². The van der Waals surface area contributed by atoms with Crippen LogP contribution in [0.5, 0.6) is 0 Å². The van der Waals surface area contributed by atoms with Crippen LogP contribution in [0, 0.1) is 20.8 Å². The molecule has 2 N–H and O–H groups in total. The molecule has 0 spiro atoms. The zero-order valence-corrected chi connectivity index (χ0v) is 12.0. The second kappa shape index (κ2) is 6.02. The lowest BCUT2D eigenvalue weighted by Crippen LogP contribution is -2.30. The van der Waals surface area contributed by atoms with Gasteiger partial charge in [-0.1, -0.05) is 29.3 Å². The number of amides is 1. The van der Waals surface area contributed by atoms with Crippen LogP contribution >= 0.6 is 0 Å². The molecule has 0 saturated carbocycles. The first-order valence-corrected chi connectivity index (χ1v) is 6.82. The van der Waals surface area contributed by atoms with Crippen molar-refractivity contribution >= 4 is 5.91 Å². The van der Waals surface area contributed by atoms with Crippen molar-refractivity contribution in [2.75, 3.05) is 19.6 Å². The maximum absolute atomic E-state index is 12.3. The summed E-state index contributed by atoms with van der Waals surface area (Å²) in [5.74, 6) is 0.0365.